The van der Waals surface area contributed by atoms with Gasteiger partial charge >= 0.3 is 6.09 Å². The number of benzene rings is 1. The number of hydrogen-bond donors (Lipinski definition) is 2. The smallest absolute Gasteiger partial charge is 0.411 e. The van der Waals surface area contributed by atoms with Gasteiger partial charge in [0.2, 0.25) is 0 Å². The van der Waals surface area contributed by atoms with Gasteiger partial charge in [-0.3, -0.25) is 15.4 Å². The molecule has 0 aromatic heterocycles. The number of ether oxygens (including phenoxy) is 1. The van der Waals surface area contributed by atoms with Crippen LogP contribution in [0, 0.1) is 16.0 Å². The van der Waals surface area contributed by atoms with Gasteiger partial charge in [0.15, 0.2) is 0 Å². The number of carbonyl (C=O) groups excluding carboxylic acids is 1. The number of nitro benzene ring substituents is 1. The molecule has 114 valence electrons. The first kappa shape index (κ1) is 15.2. The summed E-state index contributed by atoms with van der Waals surface area (Å²) in [5, 5.41) is 16.4. The molecule has 0 bridgehead atoms. The summed E-state index contributed by atoms with van der Waals surface area (Å²) in [6.07, 6.45) is 2.65. The SMILES string of the molecule is O=C(Nc1ccc([N+](=O)[O-])cc1)OCCC1CCCNC1. The highest BCUT2D eigenvalue weighted by Gasteiger charge is 2.13. The van der Waals surface area contributed by atoms with E-state index >= 15 is 0 Å². The number of piperidine rings is 1. The molecule has 0 spiro atoms. The Morgan fingerprint density at radius 1 is 1.43 bits per heavy atom. The van der Waals surface area contributed by atoms with Crippen molar-refractivity contribution < 1.29 is 14.5 Å². The largest absolute Gasteiger partial charge is 0.449 e. The topological polar surface area (TPSA) is 93.5 Å². The van der Waals surface area contributed by atoms with Gasteiger partial charge in [-0.15, -0.1) is 0 Å². The average Bonchev–Trinajstić information content (AvgIpc) is 2.49. The van der Waals surface area contributed by atoms with Crippen molar-refractivity contribution >= 4 is 17.5 Å². The van der Waals surface area contributed by atoms with E-state index in [1.165, 1.54) is 37.1 Å². The quantitative estimate of drug-likeness (QED) is 0.642. The van der Waals surface area contributed by atoms with E-state index < -0.39 is 11.0 Å². The fraction of sp³-hybridized carbons (Fsp3) is 0.500. The third-order valence-corrected chi connectivity index (χ3v) is 3.48. The molecule has 1 aromatic carbocycles. The number of anilines is 1. The van der Waals surface area contributed by atoms with Crippen LogP contribution >= 0.6 is 0 Å². The molecule has 2 rings (SSSR count). The van der Waals surface area contributed by atoms with E-state index in [0.717, 1.165) is 19.5 Å². The van der Waals surface area contributed by atoms with Crippen LogP contribution in [0.5, 0.6) is 0 Å². The maximum absolute atomic E-state index is 11.6. The number of amides is 1. The normalized spacial score (nSPS) is 18.0. The van der Waals surface area contributed by atoms with Crippen molar-refractivity contribution in [2.75, 3.05) is 25.0 Å². The predicted octanol–water partition coefficient (Wildman–Crippen LogP) is 2.53. The van der Waals surface area contributed by atoms with Gasteiger partial charge in [0.25, 0.3) is 5.69 Å². The Balaban J connectivity index is 1.70. The number of hydrogen-bond acceptors (Lipinski definition) is 5. The highest BCUT2D eigenvalue weighted by atomic mass is 16.6. The minimum Gasteiger partial charge on any atom is -0.449 e. The highest BCUT2D eigenvalue weighted by Crippen LogP contribution is 2.16. The van der Waals surface area contributed by atoms with Crippen molar-refractivity contribution in [1.29, 1.82) is 0 Å². The molecule has 1 fully saturated rings. The Labute approximate surface area is 122 Å². The number of nitrogens with one attached hydrogen (secondary N) is 2. The monoisotopic (exact) mass is 293 g/mol. The van der Waals surface area contributed by atoms with Gasteiger partial charge in [0.05, 0.1) is 11.5 Å². The lowest BCUT2D eigenvalue weighted by Gasteiger charge is -2.22. The fourth-order valence-corrected chi connectivity index (χ4v) is 2.31. The first-order valence-corrected chi connectivity index (χ1v) is 7.04. The summed E-state index contributed by atoms with van der Waals surface area (Å²) in [6.45, 7) is 2.43. The van der Waals surface area contributed by atoms with Crippen LogP contribution in [-0.2, 0) is 4.74 Å². The fourth-order valence-electron chi connectivity index (χ4n) is 2.31. The van der Waals surface area contributed by atoms with Gasteiger partial charge in [-0.25, -0.2) is 4.79 Å². The van der Waals surface area contributed by atoms with E-state index in [1.54, 1.807) is 0 Å². The molecule has 1 saturated heterocycles. The third-order valence-electron chi connectivity index (χ3n) is 3.48. The van der Waals surface area contributed by atoms with Gasteiger partial charge < -0.3 is 10.1 Å². The standard InChI is InChI=1S/C14H19N3O4/c18-14(21-9-7-11-2-1-8-15-10-11)16-12-3-5-13(6-4-12)17(19)20/h3-6,11,15H,1-2,7-10H2,(H,16,18). The number of non-ortho nitro benzene ring substituents is 1. The Morgan fingerprint density at radius 2 is 2.19 bits per heavy atom. The van der Waals surface area contributed by atoms with Crippen LogP contribution in [-0.4, -0.2) is 30.7 Å². The zero-order chi connectivity index (χ0) is 15.1. The lowest BCUT2D eigenvalue weighted by Crippen LogP contribution is -2.30. The van der Waals surface area contributed by atoms with Crippen LogP contribution in [0.2, 0.25) is 0 Å². The minimum atomic E-state index is -0.535. The average molecular weight is 293 g/mol. The van der Waals surface area contributed by atoms with E-state index in [-0.39, 0.29) is 5.69 Å². The Bertz CT molecular complexity index is 483. The van der Waals surface area contributed by atoms with Crippen molar-refractivity contribution in [2.24, 2.45) is 5.92 Å². The number of carbonyl (C=O) groups is 1. The molecule has 1 heterocycles. The number of nitrogens with zero attached hydrogens (tertiary/aromatic N) is 1. The molecule has 21 heavy (non-hydrogen) atoms. The zero-order valence-electron chi connectivity index (χ0n) is 11.7. The summed E-state index contributed by atoms with van der Waals surface area (Å²) in [4.78, 5) is 21.6. The second-order valence-electron chi connectivity index (χ2n) is 5.07. The molecule has 1 aliphatic heterocycles. The summed E-state index contributed by atoms with van der Waals surface area (Å²) in [5.74, 6) is 0.561. The van der Waals surface area contributed by atoms with Crippen molar-refractivity contribution in [1.82, 2.24) is 5.32 Å². The lowest BCUT2D eigenvalue weighted by atomic mass is 9.97. The third kappa shape index (κ3) is 5.03. The van der Waals surface area contributed by atoms with Crippen LogP contribution in [0.15, 0.2) is 24.3 Å². The summed E-state index contributed by atoms with van der Waals surface area (Å²) in [6, 6.07) is 5.63. The molecule has 7 heteroatoms. The van der Waals surface area contributed by atoms with E-state index in [0.29, 0.717) is 18.2 Å². The van der Waals surface area contributed by atoms with Crippen LogP contribution in [0.1, 0.15) is 19.3 Å². The van der Waals surface area contributed by atoms with Crippen LogP contribution in [0.3, 0.4) is 0 Å². The molecular weight excluding hydrogens is 274 g/mol. The zero-order valence-corrected chi connectivity index (χ0v) is 11.7. The predicted molar refractivity (Wildman–Crippen MR) is 78.3 cm³/mol. The van der Waals surface area contributed by atoms with E-state index in [2.05, 4.69) is 10.6 Å². The second kappa shape index (κ2) is 7.58. The van der Waals surface area contributed by atoms with Gasteiger partial charge in [0.1, 0.15) is 0 Å². The second-order valence-corrected chi connectivity index (χ2v) is 5.07. The molecule has 1 aliphatic rings. The molecule has 7 nitrogen and oxygen atoms in total. The van der Waals surface area contributed by atoms with Crippen molar-refractivity contribution in [2.45, 2.75) is 19.3 Å². The van der Waals surface area contributed by atoms with E-state index in [4.69, 9.17) is 4.74 Å². The van der Waals surface area contributed by atoms with Gasteiger partial charge in [0, 0.05) is 17.8 Å². The molecular formula is C14H19N3O4. The van der Waals surface area contributed by atoms with Crippen LogP contribution in [0.4, 0.5) is 16.2 Å². The Hall–Kier alpha value is -2.15. The molecule has 1 atom stereocenters. The maximum Gasteiger partial charge on any atom is 0.411 e. The number of nitro groups is 1. The van der Waals surface area contributed by atoms with Gasteiger partial charge in [-0.2, -0.15) is 0 Å². The van der Waals surface area contributed by atoms with Crippen molar-refractivity contribution in [3.8, 4) is 0 Å². The van der Waals surface area contributed by atoms with Gasteiger partial charge in [-0.05, 0) is 50.4 Å². The minimum absolute atomic E-state index is 0.0151. The Morgan fingerprint density at radius 3 is 2.81 bits per heavy atom. The van der Waals surface area contributed by atoms with E-state index in [9.17, 15) is 14.9 Å². The molecule has 1 amide bonds. The maximum atomic E-state index is 11.6. The number of rotatable bonds is 5. The molecule has 0 aliphatic carbocycles. The van der Waals surface area contributed by atoms with Crippen LogP contribution < -0.4 is 10.6 Å². The summed E-state index contributed by atoms with van der Waals surface area (Å²) < 4.78 is 5.11. The summed E-state index contributed by atoms with van der Waals surface area (Å²) in [5.41, 5.74) is 0.462. The molecule has 1 aromatic rings. The first-order chi connectivity index (χ1) is 10.1. The molecule has 2 N–H and O–H groups in total. The summed E-state index contributed by atoms with van der Waals surface area (Å²) >= 11 is 0. The Kier molecular flexibility index (Phi) is 5.51. The van der Waals surface area contributed by atoms with Crippen LogP contribution in [0.25, 0.3) is 0 Å². The van der Waals surface area contributed by atoms with Gasteiger partial charge in [-0.1, -0.05) is 0 Å². The van der Waals surface area contributed by atoms with E-state index in [1.807, 2.05) is 0 Å². The van der Waals surface area contributed by atoms with Crippen molar-refractivity contribution in [3.63, 3.8) is 0 Å². The highest BCUT2D eigenvalue weighted by molar-refractivity contribution is 5.84. The molecule has 0 radical (unpaired) electrons. The lowest BCUT2D eigenvalue weighted by molar-refractivity contribution is -0.384. The molecule has 0 saturated carbocycles. The molecule has 1 unspecified atom stereocenters. The first-order valence-electron chi connectivity index (χ1n) is 7.04. The van der Waals surface area contributed by atoms with Crippen molar-refractivity contribution in [3.05, 3.63) is 34.4 Å². The summed E-state index contributed by atoms with van der Waals surface area (Å²) in [7, 11) is 0.